The third-order valence-electron chi connectivity index (χ3n) is 4.55. The van der Waals surface area contributed by atoms with Gasteiger partial charge in [0.1, 0.15) is 5.69 Å². The van der Waals surface area contributed by atoms with E-state index in [1.165, 1.54) is 12.0 Å². The Morgan fingerprint density at radius 3 is 2.18 bits per heavy atom. The first kappa shape index (κ1) is 21.7. The highest BCUT2D eigenvalue weighted by Crippen LogP contribution is 2.23. The molecule has 2 aromatic rings. The van der Waals surface area contributed by atoms with Crippen molar-refractivity contribution in [2.75, 3.05) is 13.7 Å². The second kappa shape index (κ2) is 8.19. The van der Waals surface area contributed by atoms with Crippen LogP contribution in [0.15, 0.2) is 24.3 Å². The van der Waals surface area contributed by atoms with Crippen LogP contribution in [-0.4, -0.2) is 46.7 Å². The van der Waals surface area contributed by atoms with Crippen molar-refractivity contribution >= 4 is 29.3 Å². The van der Waals surface area contributed by atoms with Gasteiger partial charge in [-0.2, -0.15) is 0 Å². The van der Waals surface area contributed by atoms with Crippen LogP contribution in [0.1, 0.15) is 63.2 Å². The van der Waals surface area contributed by atoms with Gasteiger partial charge in [-0.15, -0.1) is 0 Å². The summed E-state index contributed by atoms with van der Waals surface area (Å²) in [6.45, 7) is 8.88. The van der Waals surface area contributed by atoms with Crippen molar-refractivity contribution in [3.05, 3.63) is 57.4 Å². The average molecular weight is 405 g/mol. The molecule has 28 heavy (non-hydrogen) atoms. The highest BCUT2D eigenvalue weighted by molar-refractivity contribution is 6.30. The summed E-state index contributed by atoms with van der Waals surface area (Å²) < 4.78 is 4.75. The number of nitrogens with zero attached hydrogens (tertiary/aromatic N) is 1. The molecule has 0 aliphatic heterocycles. The van der Waals surface area contributed by atoms with Gasteiger partial charge in [0.15, 0.2) is 5.78 Å². The minimum Gasteiger partial charge on any atom is -0.464 e. The van der Waals surface area contributed by atoms with Gasteiger partial charge in [0.2, 0.25) is 0 Å². The van der Waals surface area contributed by atoms with Crippen LogP contribution >= 0.6 is 11.6 Å². The molecule has 0 aliphatic carbocycles. The number of aromatic amines is 1. The second-order valence-electron chi connectivity index (χ2n) is 7.61. The Bertz CT molecular complexity index is 908. The molecule has 150 valence electrons. The quantitative estimate of drug-likeness (QED) is 0.598. The predicted octanol–water partition coefficient (Wildman–Crippen LogP) is 4.20. The van der Waals surface area contributed by atoms with Crippen molar-refractivity contribution in [2.45, 2.75) is 40.2 Å². The second-order valence-corrected chi connectivity index (χ2v) is 8.05. The maximum atomic E-state index is 13.1. The normalized spacial score (nSPS) is 11.2. The van der Waals surface area contributed by atoms with Crippen LogP contribution in [0.3, 0.4) is 0 Å². The number of esters is 1. The molecule has 0 atom stereocenters. The number of hydrogen-bond acceptors (Lipinski definition) is 4. The predicted molar refractivity (Wildman–Crippen MR) is 108 cm³/mol. The van der Waals surface area contributed by atoms with Crippen LogP contribution in [-0.2, 0) is 4.74 Å². The Labute approximate surface area is 169 Å². The molecule has 0 spiro atoms. The lowest BCUT2D eigenvalue weighted by molar-refractivity contribution is 0.0546. The summed E-state index contributed by atoms with van der Waals surface area (Å²) in [5.41, 5.74) is 1.59. The molecular formula is C21H25ClN2O4. The van der Waals surface area contributed by atoms with Gasteiger partial charge < -0.3 is 14.6 Å². The molecule has 1 amide bonds. The van der Waals surface area contributed by atoms with Crippen molar-refractivity contribution in [1.29, 1.82) is 0 Å². The van der Waals surface area contributed by atoms with Crippen molar-refractivity contribution in [3.8, 4) is 0 Å². The van der Waals surface area contributed by atoms with Crippen LogP contribution in [0.4, 0.5) is 0 Å². The number of H-pyrrole nitrogens is 1. The Morgan fingerprint density at radius 1 is 1.11 bits per heavy atom. The molecule has 1 N–H and O–H groups in total. The summed E-state index contributed by atoms with van der Waals surface area (Å²) in [7, 11) is 1.28. The number of hydrogen-bond donors (Lipinski definition) is 1. The van der Waals surface area contributed by atoms with E-state index in [1.54, 1.807) is 38.1 Å². The van der Waals surface area contributed by atoms with Crippen molar-refractivity contribution in [2.24, 2.45) is 0 Å². The van der Waals surface area contributed by atoms with Gasteiger partial charge in [-0.3, -0.25) is 9.59 Å². The summed E-state index contributed by atoms with van der Waals surface area (Å²) in [5, 5.41) is 0.531. The summed E-state index contributed by atoms with van der Waals surface area (Å²) in [6.07, 6.45) is 0. The van der Waals surface area contributed by atoms with E-state index in [0.717, 1.165) is 0 Å². The largest absolute Gasteiger partial charge is 0.464 e. The fourth-order valence-electron chi connectivity index (χ4n) is 3.06. The molecule has 0 aliphatic rings. The van der Waals surface area contributed by atoms with Gasteiger partial charge in [-0.25, -0.2) is 4.79 Å². The number of benzene rings is 1. The summed E-state index contributed by atoms with van der Waals surface area (Å²) in [6, 6.07) is 6.55. The zero-order valence-corrected chi connectivity index (χ0v) is 17.7. The van der Waals surface area contributed by atoms with Gasteiger partial charge in [0.25, 0.3) is 5.91 Å². The lowest BCUT2D eigenvalue weighted by Gasteiger charge is -2.35. The number of halogens is 1. The van der Waals surface area contributed by atoms with E-state index in [0.29, 0.717) is 27.4 Å². The van der Waals surface area contributed by atoms with E-state index in [4.69, 9.17) is 16.3 Å². The Kier molecular flexibility index (Phi) is 6.34. The monoisotopic (exact) mass is 404 g/mol. The lowest BCUT2D eigenvalue weighted by atomic mass is 10.00. The smallest absolute Gasteiger partial charge is 0.354 e. The molecule has 0 saturated carbocycles. The third-order valence-corrected chi connectivity index (χ3v) is 4.81. The zero-order valence-electron chi connectivity index (χ0n) is 17.0. The summed E-state index contributed by atoms with van der Waals surface area (Å²) in [5.74, 6) is -1.06. The van der Waals surface area contributed by atoms with Crippen molar-refractivity contribution < 1.29 is 19.1 Å². The molecular weight excluding hydrogens is 380 g/mol. The van der Waals surface area contributed by atoms with E-state index in [1.807, 2.05) is 20.8 Å². The third kappa shape index (κ3) is 4.44. The summed E-state index contributed by atoms with van der Waals surface area (Å²) in [4.78, 5) is 42.4. The van der Waals surface area contributed by atoms with Crippen LogP contribution < -0.4 is 0 Å². The zero-order chi connectivity index (χ0) is 21.2. The number of Topliss-reactive ketones (excluding diaryl/α,β-unsaturated/α-hetero) is 1. The Balaban J connectivity index is 2.37. The standard InChI is InChI=1S/C21H25ClN2O4/c1-12-17(13(2)23-18(12)20(27)28-6)16(25)11-24(21(3,4)5)19(26)14-7-9-15(22)10-8-14/h7-10,23H,11H2,1-6H3. The molecule has 1 aromatic heterocycles. The van der Waals surface area contributed by atoms with E-state index >= 15 is 0 Å². The Morgan fingerprint density at radius 2 is 1.68 bits per heavy atom. The number of aromatic nitrogens is 1. The van der Waals surface area contributed by atoms with E-state index in [2.05, 4.69) is 4.98 Å². The molecule has 0 fully saturated rings. The molecule has 0 radical (unpaired) electrons. The first-order valence-electron chi connectivity index (χ1n) is 8.85. The molecule has 1 aromatic carbocycles. The number of rotatable bonds is 5. The van der Waals surface area contributed by atoms with Gasteiger partial charge >= 0.3 is 5.97 Å². The fraction of sp³-hybridized carbons (Fsp3) is 0.381. The van der Waals surface area contributed by atoms with Crippen LogP contribution in [0.25, 0.3) is 0 Å². The topological polar surface area (TPSA) is 79.5 Å². The van der Waals surface area contributed by atoms with E-state index < -0.39 is 11.5 Å². The number of carbonyl (C=O) groups excluding carboxylic acids is 3. The Hall–Kier alpha value is -2.60. The molecule has 1 heterocycles. The first-order valence-corrected chi connectivity index (χ1v) is 9.23. The van der Waals surface area contributed by atoms with Crippen molar-refractivity contribution in [3.63, 3.8) is 0 Å². The van der Waals surface area contributed by atoms with E-state index in [-0.39, 0.29) is 23.9 Å². The maximum Gasteiger partial charge on any atom is 0.354 e. The number of nitrogens with one attached hydrogen (secondary N) is 1. The lowest BCUT2D eigenvalue weighted by Crippen LogP contribution is -2.48. The van der Waals surface area contributed by atoms with Crippen LogP contribution in [0.2, 0.25) is 5.02 Å². The molecule has 0 unspecified atom stereocenters. The van der Waals surface area contributed by atoms with E-state index in [9.17, 15) is 14.4 Å². The number of aryl methyl sites for hydroxylation is 1. The molecule has 2 rings (SSSR count). The van der Waals surface area contributed by atoms with Crippen LogP contribution in [0.5, 0.6) is 0 Å². The fourth-order valence-corrected chi connectivity index (χ4v) is 3.19. The van der Waals surface area contributed by atoms with Crippen molar-refractivity contribution in [1.82, 2.24) is 9.88 Å². The molecule has 6 nitrogen and oxygen atoms in total. The average Bonchev–Trinajstić information content (AvgIpc) is 2.92. The van der Waals surface area contributed by atoms with Gasteiger partial charge in [0, 0.05) is 27.4 Å². The highest BCUT2D eigenvalue weighted by atomic mass is 35.5. The number of carbonyl (C=O) groups is 3. The number of ketones is 1. The number of amides is 1. The molecule has 0 bridgehead atoms. The highest BCUT2D eigenvalue weighted by Gasteiger charge is 2.31. The summed E-state index contributed by atoms with van der Waals surface area (Å²) >= 11 is 5.90. The van der Waals surface area contributed by atoms with Gasteiger partial charge in [0.05, 0.1) is 13.7 Å². The molecule has 7 heteroatoms. The van der Waals surface area contributed by atoms with Gasteiger partial charge in [-0.05, 0) is 64.4 Å². The first-order chi connectivity index (χ1) is 13.0. The minimum atomic E-state index is -0.588. The number of methoxy groups -OCH3 is 1. The SMILES string of the molecule is COC(=O)c1[nH]c(C)c(C(=O)CN(C(=O)c2ccc(Cl)cc2)C(C)(C)C)c1C. The maximum absolute atomic E-state index is 13.1. The minimum absolute atomic E-state index is 0.120. The van der Waals surface area contributed by atoms with Crippen LogP contribution in [0, 0.1) is 13.8 Å². The number of ether oxygens (including phenoxy) is 1. The molecule has 0 saturated heterocycles. The van der Waals surface area contributed by atoms with Gasteiger partial charge in [-0.1, -0.05) is 11.6 Å².